The predicted molar refractivity (Wildman–Crippen MR) is 60.0 cm³/mol. The zero-order valence-electron chi connectivity index (χ0n) is 9.11. The van der Waals surface area contributed by atoms with E-state index in [4.69, 9.17) is 0 Å². The zero-order chi connectivity index (χ0) is 11.8. The fourth-order valence-corrected chi connectivity index (χ4v) is 3.40. The van der Waals surface area contributed by atoms with Crippen molar-refractivity contribution < 1.29 is 12.8 Å². The van der Waals surface area contributed by atoms with Crippen molar-refractivity contribution >= 4 is 10.0 Å². The van der Waals surface area contributed by atoms with Gasteiger partial charge in [0.1, 0.15) is 5.82 Å². The highest BCUT2D eigenvalue weighted by Gasteiger charge is 2.29. The van der Waals surface area contributed by atoms with Crippen molar-refractivity contribution in [2.24, 2.45) is 0 Å². The Morgan fingerprint density at radius 3 is 2.75 bits per heavy atom. The van der Waals surface area contributed by atoms with Gasteiger partial charge in [0.05, 0.1) is 5.75 Å². The van der Waals surface area contributed by atoms with Crippen molar-refractivity contribution in [1.82, 2.24) is 4.31 Å². The second-order valence-electron chi connectivity index (χ2n) is 4.04. The van der Waals surface area contributed by atoms with Gasteiger partial charge in [0.15, 0.2) is 0 Å². The third-order valence-corrected chi connectivity index (χ3v) is 4.79. The Balaban J connectivity index is 2.28. The third-order valence-electron chi connectivity index (χ3n) is 2.89. The molecular weight excluding hydrogens is 229 g/mol. The lowest BCUT2D eigenvalue weighted by Crippen LogP contribution is -2.26. The standard InChI is InChI=1S/C11H14FNO2S/c1-9-4-2-5-11(12)10(9)8-13-6-3-7-16(13,14)15/h2,4-5H,3,6-8H2,1H3. The molecule has 1 fully saturated rings. The predicted octanol–water partition coefficient (Wildman–Crippen LogP) is 1.67. The van der Waals surface area contributed by atoms with Crippen LogP contribution in [0.2, 0.25) is 0 Å². The Kier molecular flexibility index (Phi) is 2.99. The molecule has 0 saturated carbocycles. The second kappa shape index (κ2) is 4.14. The van der Waals surface area contributed by atoms with Crippen molar-refractivity contribution in [3.8, 4) is 0 Å². The monoisotopic (exact) mass is 243 g/mol. The van der Waals surface area contributed by atoms with E-state index < -0.39 is 10.0 Å². The van der Waals surface area contributed by atoms with Crippen LogP contribution >= 0.6 is 0 Å². The molecule has 2 rings (SSSR count). The SMILES string of the molecule is Cc1cccc(F)c1CN1CCCS1(=O)=O. The van der Waals surface area contributed by atoms with Gasteiger partial charge >= 0.3 is 0 Å². The van der Waals surface area contributed by atoms with Crippen LogP contribution in [0, 0.1) is 12.7 Å². The van der Waals surface area contributed by atoms with E-state index >= 15 is 0 Å². The lowest BCUT2D eigenvalue weighted by molar-refractivity contribution is 0.429. The molecule has 0 N–H and O–H groups in total. The van der Waals surface area contributed by atoms with E-state index in [-0.39, 0.29) is 18.1 Å². The molecule has 0 spiro atoms. The van der Waals surface area contributed by atoms with E-state index in [1.54, 1.807) is 19.1 Å². The molecule has 1 aromatic rings. The van der Waals surface area contributed by atoms with Gasteiger partial charge in [-0.15, -0.1) is 0 Å². The molecule has 1 aliphatic rings. The van der Waals surface area contributed by atoms with E-state index in [0.717, 1.165) is 5.56 Å². The quantitative estimate of drug-likeness (QED) is 0.792. The molecule has 0 unspecified atom stereocenters. The van der Waals surface area contributed by atoms with E-state index in [9.17, 15) is 12.8 Å². The number of hydrogen-bond acceptors (Lipinski definition) is 2. The highest BCUT2D eigenvalue weighted by molar-refractivity contribution is 7.89. The molecule has 1 saturated heterocycles. The third kappa shape index (κ3) is 2.10. The molecule has 88 valence electrons. The molecule has 0 radical (unpaired) electrons. The van der Waals surface area contributed by atoms with Crippen LogP contribution in [0.5, 0.6) is 0 Å². The molecule has 5 heteroatoms. The van der Waals surface area contributed by atoms with Crippen molar-refractivity contribution in [3.05, 3.63) is 35.1 Å². The molecule has 1 aromatic carbocycles. The van der Waals surface area contributed by atoms with Crippen LogP contribution in [-0.2, 0) is 16.6 Å². The van der Waals surface area contributed by atoms with Crippen LogP contribution in [0.15, 0.2) is 18.2 Å². The Labute approximate surface area is 94.9 Å². The molecule has 16 heavy (non-hydrogen) atoms. The van der Waals surface area contributed by atoms with Crippen LogP contribution < -0.4 is 0 Å². The number of sulfonamides is 1. The summed E-state index contributed by atoms with van der Waals surface area (Å²) in [5.41, 5.74) is 1.27. The smallest absolute Gasteiger partial charge is 0.212 e. The summed E-state index contributed by atoms with van der Waals surface area (Å²) < 4.78 is 38.1. The maximum absolute atomic E-state index is 13.5. The molecule has 0 bridgehead atoms. The summed E-state index contributed by atoms with van der Waals surface area (Å²) in [6, 6.07) is 4.79. The first-order valence-electron chi connectivity index (χ1n) is 5.22. The highest BCUT2D eigenvalue weighted by atomic mass is 32.2. The Morgan fingerprint density at radius 1 is 1.44 bits per heavy atom. The number of nitrogens with zero attached hydrogens (tertiary/aromatic N) is 1. The average Bonchev–Trinajstić information content (AvgIpc) is 2.52. The number of halogens is 1. The normalized spacial score (nSPS) is 20.1. The molecule has 0 amide bonds. The fraction of sp³-hybridized carbons (Fsp3) is 0.455. The Bertz CT molecular complexity index is 478. The summed E-state index contributed by atoms with van der Waals surface area (Å²) in [6.07, 6.45) is 0.635. The number of hydrogen-bond donors (Lipinski definition) is 0. The van der Waals surface area contributed by atoms with E-state index in [2.05, 4.69) is 0 Å². The van der Waals surface area contributed by atoms with Crippen LogP contribution in [-0.4, -0.2) is 25.0 Å². The zero-order valence-corrected chi connectivity index (χ0v) is 9.93. The van der Waals surface area contributed by atoms with Crippen LogP contribution in [0.3, 0.4) is 0 Å². The van der Waals surface area contributed by atoms with Crippen molar-refractivity contribution in [3.63, 3.8) is 0 Å². The van der Waals surface area contributed by atoms with Crippen LogP contribution in [0.1, 0.15) is 17.5 Å². The lowest BCUT2D eigenvalue weighted by atomic mass is 10.1. The van der Waals surface area contributed by atoms with Gasteiger partial charge in [-0.05, 0) is 25.0 Å². The van der Waals surface area contributed by atoms with Gasteiger partial charge < -0.3 is 0 Å². The summed E-state index contributed by atoms with van der Waals surface area (Å²) in [6.45, 7) is 2.44. The van der Waals surface area contributed by atoms with Crippen LogP contribution in [0.4, 0.5) is 4.39 Å². The second-order valence-corrected chi connectivity index (χ2v) is 6.13. The number of aryl methyl sites for hydroxylation is 1. The van der Waals surface area contributed by atoms with Crippen molar-refractivity contribution in [2.45, 2.75) is 19.9 Å². The van der Waals surface area contributed by atoms with Gasteiger partial charge in [-0.25, -0.2) is 12.8 Å². The molecule has 3 nitrogen and oxygen atoms in total. The van der Waals surface area contributed by atoms with Gasteiger partial charge in [-0.1, -0.05) is 12.1 Å². The summed E-state index contributed by atoms with van der Waals surface area (Å²) in [5, 5.41) is 0. The van der Waals surface area contributed by atoms with Gasteiger partial charge in [0, 0.05) is 18.7 Å². The largest absolute Gasteiger partial charge is 0.214 e. The van der Waals surface area contributed by atoms with Gasteiger partial charge in [0.2, 0.25) is 10.0 Å². The van der Waals surface area contributed by atoms with Gasteiger partial charge in [0.25, 0.3) is 0 Å². The van der Waals surface area contributed by atoms with E-state index in [1.807, 2.05) is 0 Å². The molecule has 0 aliphatic carbocycles. The minimum Gasteiger partial charge on any atom is -0.212 e. The average molecular weight is 243 g/mol. The summed E-state index contributed by atoms with van der Waals surface area (Å²) in [5.74, 6) is -0.150. The summed E-state index contributed by atoms with van der Waals surface area (Å²) >= 11 is 0. The maximum atomic E-state index is 13.5. The lowest BCUT2D eigenvalue weighted by Gasteiger charge is -2.16. The maximum Gasteiger partial charge on any atom is 0.214 e. The highest BCUT2D eigenvalue weighted by Crippen LogP contribution is 2.21. The molecular formula is C11H14FNO2S. The molecule has 1 heterocycles. The number of benzene rings is 1. The van der Waals surface area contributed by atoms with Gasteiger partial charge in [-0.2, -0.15) is 4.31 Å². The van der Waals surface area contributed by atoms with Gasteiger partial charge in [-0.3, -0.25) is 0 Å². The van der Waals surface area contributed by atoms with E-state index in [0.29, 0.717) is 18.5 Å². The first-order valence-corrected chi connectivity index (χ1v) is 6.83. The molecule has 0 aromatic heterocycles. The first kappa shape index (κ1) is 11.5. The Hall–Kier alpha value is -0.940. The molecule has 1 aliphatic heterocycles. The topological polar surface area (TPSA) is 37.4 Å². The summed E-state index contributed by atoms with van der Waals surface area (Å²) in [7, 11) is -3.15. The summed E-state index contributed by atoms with van der Waals surface area (Å²) in [4.78, 5) is 0. The first-order chi connectivity index (χ1) is 7.50. The van der Waals surface area contributed by atoms with Crippen LogP contribution in [0.25, 0.3) is 0 Å². The molecule has 0 atom stereocenters. The Morgan fingerprint density at radius 2 is 2.19 bits per heavy atom. The minimum absolute atomic E-state index is 0.154. The fourth-order valence-electron chi connectivity index (χ4n) is 1.91. The minimum atomic E-state index is -3.15. The van der Waals surface area contributed by atoms with Crippen molar-refractivity contribution in [1.29, 1.82) is 0 Å². The van der Waals surface area contributed by atoms with Crippen molar-refractivity contribution in [2.75, 3.05) is 12.3 Å². The number of rotatable bonds is 2. The van der Waals surface area contributed by atoms with E-state index in [1.165, 1.54) is 10.4 Å².